The van der Waals surface area contributed by atoms with E-state index in [1.165, 1.54) is 16.7 Å². The van der Waals surface area contributed by atoms with E-state index in [1.807, 2.05) is 0 Å². The van der Waals surface area contributed by atoms with Crippen LogP contribution in [0.3, 0.4) is 0 Å². The molecule has 20 heavy (non-hydrogen) atoms. The fourth-order valence-corrected chi connectivity index (χ4v) is 2.51. The smallest absolute Gasteiger partial charge is 0.0339 e. The Morgan fingerprint density at radius 1 is 0.400 bits per heavy atom. The molecular weight excluding hydrogens is 287 g/mol. The second-order valence-corrected chi connectivity index (χ2v) is 4.67. The first kappa shape index (κ1) is 14.6. The van der Waals surface area contributed by atoms with Gasteiger partial charge in [-0.2, -0.15) is 0 Å². The summed E-state index contributed by atoms with van der Waals surface area (Å²) in [6, 6.07) is 32.0. The van der Waals surface area contributed by atoms with Crippen LogP contribution in [0, 0.1) is 0 Å². The molecule has 0 spiro atoms. The van der Waals surface area contributed by atoms with Crippen molar-refractivity contribution < 1.29 is 16.5 Å². The van der Waals surface area contributed by atoms with Gasteiger partial charge in [0.15, 0.2) is 0 Å². The van der Waals surface area contributed by atoms with Crippen LogP contribution in [0.5, 0.6) is 0 Å². The van der Waals surface area contributed by atoms with Gasteiger partial charge in [-0.1, -0.05) is 91.0 Å². The molecule has 0 nitrogen and oxygen atoms in total. The Morgan fingerprint density at radius 3 is 0.900 bits per heavy atom. The number of rotatable bonds is 3. The Labute approximate surface area is 130 Å². The van der Waals surface area contributed by atoms with Gasteiger partial charge in [-0.15, -0.1) is 0 Å². The van der Waals surface area contributed by atoms with E-state index < -0.39 is 0 Å². The van der Waals surface area contributed by atoms with Crippen LogP contribution in [0.25, 0.3) is 0 Å². The molecule has 3 rings (SSSR count). The van der Waals surface area contributed by atoms with Crippen molar-refractivity contribution in [1.29, 1.82) is 0 Å². The third-order valence-corrected chi connectivity index (χ3v) is 3.40. The van der Waals surface area contributed by atoms with Crippen molar-refractivity contribution in [3.05, 3.63) is 108 Å². The van der Waals surface area contributed by atoms with Crippen molar-refractivity contribution in [3.63, 3.8) is 0 Å². The van der Waals surface area contributed by atoms with Crippen molar-refractivity contribution in [2.24, 2.45) is 0 Å². The van der Waals surface area contributed by atoms with Crippen LogP contribution < -0.4 is 0 Å². The summed E-state index contributed by atoms with van der Waals surface area (Å²) in [6.07, 6.45) is 0. The second kappa shape index (κ2) is 7.07. The Kier molecular flexibility index (Phi) is 5.15. The van der Waals surface area contributed by atoms with Gasteiger partial charge in [-0.3, -0.25) is 0 Å². The fraction of sp³-hybridized carbons (Fsp3) is 0.0526. The summed E-state index contributed by atoms with van der Waals surface area (Å²) in [6.45, 7) is 0. The Balaban J connectivity index is 0.00000147. The maximum absolute atomic E-state index is 2.20. The van der Waals surface area contributed by atoms with Crippen molar-refractivity contribution in [2.45, 2.75) is 5.92 Å². The van der Waals surface area contributed by atoms with E-state index in [1.54, 1.807) is 0 Å². The third kappa shape index (κ3) is 3.18. The van der Waals surface area contributed by atoms with Crippen molar-refractivity contribution in [1.82, 2.24) is 0 Å². The largest absolute Gasteiger partial charge is 0.0622 e. The topological polar surface area (TPSA) is 0 Å². The molecule has 0 amide bonds. The van der Waals surface area contributed by atoms with Gasteiger partial charge in [-0.25, -0.2) is 0 Å². The van der Waals surface area contributed by atoms with Gasteiger partial charge >= 0.3 is 0 Å². The molecule has 0 aliphatic rings. The molecule has 0 unspecified atom stereocenters. The Hall–Kier alpha value is -1.85. The van der Waals surface area contributed by atoms with E-state index in [9.17, 15) is 0 Å². The van der Waals surface area contributed by atoms with Gasteiger partial charge < -0.3 is 0 Å². The van der Waals surface area contributed by atoms with E-state index in [4.69, 9.17) is 0 Å². The minimum absolute atomic E-state index is 0. The summed E-state index contributed by atoms with van der Waals surface area (Å²) in [5.41, 5.74) is 4.00. The molecule has 0 aliphatic carbocycles. The van der Waals surface area contributed by atoms with E-state index >= 15 is 0 Å². The van der Waals surface area contributed by atoms with Crippen molar-refractivity contribution >= 4 is 0 Å². The number of hydrogen-bond acceptors (Lipinski definition) is 0. The molecule has 0 N–H and O–H groups in total. The predicted molar refractivity (Wildman–Crippen MR) is 80.3 cm³/mol. The molecule has 0 radical (unpaired) electrons. The van der Waals surface area contributed by atoms with Gasteiger partial charge in [0.25, 0.3) is 0 Å². The average Bonchev–Trinajstić information content (AvgIpc) is 2.51. The van der Waals surface area contributed by atoms with Crippen LogP contribution in [0.15, 0.2) is 91.0 Å². The van der Waals surface area contributed by atoms with E-state index in [0.717, 1.165) is 0 Å². The van der Waals surface area contributed by atoms with E-state index in [-0.39, 0.29) is 16.5 Å². The first-order chi connectivity index (χ1) is 9.45. The number of hydrogen-bond donors (Lipinski definition) is 0. The van der Waals surface area contributed by atoms with Crippen LogP contribution in [-0.2, 0) is 16.5 Å². The normalized spacial score (nSPS) is 10.1. The molecule has 102 valence electrons. The molecule has 0 heterocycles. The van der Waals surface area contributed by atoms with E-state index in [0.29, 0.717) is 5.92 Å². The molecule has 0 fully saturated rings. The summed E-state index contributed by atoms with van der Waals surface area (Å²) in [5, 5.41) is 0. The molecule has 3 aromatic rings. The van der Waals surface area contributed by atoms with Gasteiger partial charge in [0.2, 0.25) is 0 Å². The van der Waals surface area contributed by atoms with Gasteiger partial charge in [0.05, 0.1) is 0 Å². The molecule has 3 aromatic carbocycles. The average molecular weight is 303 g/mol. The van der Waals surface area contributed by atoms with Crippen LogP contribution in [0.4, 0.5) is 0 Å². The minimum Gasteiger partial charge on any atom is -0.0622 e. The first-order valence-corrected chi connectivity index (χ1v) is 6.60. The summed E-state index contributed by atoms with van der Waals surface area (Å²) >= 11 is 0. The first-order valence-electron chi connectivity index (χ1n) is 6.60. The molecule has 0 aromatic heterocycles. The zero-order valence-electron chi connectivity index (χ0n) is 11.1. The monoisotopic (exact) mass is 302 g/mol. The zero-order chi connectivity index (χ0) is 12.9. The van der Waals surface area contributed by atoms with Crippen molar-refractivity contribution in [2.75, 3.05) is 0 Å². The molecule has 0 bridgehead atoms. The van der Waals surface area contributed by atoms with Gasteiger partial charge in [0, 0.05) is 22.4 Å². The maximum Gasteiger partial charge on any atom is 0.0339 e. The standard InChI is InChI=1S/C19H16.Ni/c1-4-10-16(11-5-1)19(17-12-6-2-7-13-17)18-14-8-3-9-15-18;/h1-15,19H;. The quantitative estimate of drug-likeness (QED) is 0.478. The van der Waals surface area contributed by atoms with Crippen LogP contribution in [-0.4, -0.2) is 0 Å². The summed E-state index contributed by atoms with van der Waals surface area (Å²) in [4.78, 5) is 0. The van der Waals surface area contributed by atoms with Gasteiger partial charge in [0.1, 0.15) is 0 Å². The fourth-order valence-electron chi connectivity index (χ4n) is 2.51. The Morgan fingerprint density at radius 2 is 0.650 bits per heavy atom. The Bertz CT molecular complexity index is 524. The van der Waals surface area contributed by atoms with E-state index in [2.05, 4.69) is 91.0 Å². The zero-order valence-corrected chi connectivity index (χ0v) is 12.0. The summed E-state index contributed by atoms with van der Waals surface area (Å²) in [5.74, 6) is 0.309. The molecule has 1 heteroatoms. The third-order valence-electron chi connectivity index (χ3n) is 3.40. The summed E-state index contributed by atoms with van der Waals surface area (Å²) in [7, 11) is 0. The van der Waals surface area contributed by atoms with Crippen LogP contribution >= 0.6 is 0 Å². The molecule has 0 atom stereocenters. The van der Waals surface area contributed by atoms with Crippen molar-refractivity contribution in [3.8, 4) is 0 Å². The molecule has 0 saturated heterocycles. The molecule has 0 saturated carbocycles. The predicted octanol–water partition coefficient (Wildman–Crippen LogP) is 4.86. The minimum atomic E-state index is 0. The molecular formula is C19H16Ni. The van der Waals surface area contributed by atoms with Crippen LogP contribution in [0.2, 0.25) is 0 Å². The SMILES string of the molecule is [Ni].c1ccc(C(c2ccccc2)c2ccccc2)cc1. The second-order valence-electron chi connectivity index (χ2n) is 4.67. The van der Waals surface area contributed by atoms with Gasteiger partial charge in [-0.05, 0) is 16.7 Å². The molecule has 0 aliphatic heterocycles. The van der Waals surface area contributed by atoms with Crippen LogP contribution in [0.1, 0.15) is 22.6 Å². The summed E-state index contributed by atoms with van der Waals surface area (Å²) < 4.78 is 0. The number of benzene rings is 3. The maximum atomic E-state index is 2.20.